The second-order valence-electron chi connectivity index (χ2n) is 3.70. The van der Waals surface area contributed by atoms with E-state index in [1.54, 1.807) is 4.90 Å². The van der Waals surface area contributed by atoms with E-state index in [-0.39, 0.29) is 25.0 Å². The minimum atomic E-state index is -2.48. The van der Waals surface area contributed by atoms with Gasteiger partial charge in [0.2, 0.25) is 5.91 Å². The maximum absolute atomic E-state index is 11.8. The van der Waals surface area contributed by atoms with Gasteiger partial charge in [0, 0.05) is 18.4 Å². The zero-order valence-electron chi connectivity index (χ0n) is 9.41. The summed E-state index contributed by atoms with van der Waals surface area (Å²) in [5.74, 6) is -0.0754. The van der Waals surface area contributed by atoms with Crippen molar-refractivity contribution in [2.75, 3.05) is 38.2 Å². The minimum absolute atomic E-state index is 0.00897. The quantitative estimate of drug-likeness (QED) is 0.547. The van der Waals surface area contributed by atoms with Crippen LogP contribution in [0.3, 0.4) is 0 Å². The van der Waals surface area contributed by atoms with Crippen LogP contribution in [0.1, 0.15) is 6.42 Å². The van der Waals surface area contributed by atoms with Crippen molar-refractivity contribution >= 4 is 21.8 Å². The minimum Gasteiger partial charge on any atom is -0.375 e. The molecule has 0 radical (unpaired) electrons. The van der Waals surface area contributed by atoms with Crippen molar-refractivity contribution in [1.82, 2.24) is 4.90 Å². The van der Waals surface area contributed by atoms with Crippen molar-refractivity contribution in [2.24, 2.45) is 0 Å². The van der Waals surface area contributed by atoms with Crippen LogP contribution >= 0.6 is 15.9 Å². The van der Waals surface area contributed by atoms with Crippen LogP contribution in [-0.2, 0) is 14.3 Å². The molecule has 1 saturated heterocycles. The van der Waals surface area contributed by atoms with Crippen LogP contribution in [0.25, 0.3) is 0 Å². The van der Waals surface area contributed by atoms with Gasteiger partial charge in [0.15, 0.2) is 0 Å². The average Bonchev–Trinajstić information content (AvgIpc) is 2.34. The van der Waals surface area contributed by atoms with Crippen molar-refractivity contribution in [2.45, 2.75) is 19.0 Å². The van der Waals surface area contributed by atoms with Crippen molar-refractivity contribution in [1.29, 1.82) is 0 Å². The summed E-state index contributed by atoms with van der Waals surface area (Å²) in [7, 11) is 0. The topological polar surface area (TPSA) is 38.8 Å². The van der Waals surface area contributed by atoms with Gasteiger partial charge < -0.3 is 14.4 Å². The molecule has 0 spiro atoms. The summed E-state index contributed by atoms with van der Waals surface area (Å²) < 4.78 is 33.6. The van der Waals surface area contributed by atoms with Crippen LogP contribution in [0.2, 0.25) is 0 Å². The molecule has 0 aromatic rings. The third-order valence-corrected chi connectivity index (χ3v) is 3.09. The van der Waals surface area contributed by atoms with Gasteiger partial charge in [0.1, 0.15) is 6.61 Å². The lowest BCUT2D eigenvalue weighted by molar-refractivity contribution is -0.139. The molecule has 100 valence electrons. The Hall–Kier alpha value is -0.270. The van der Waals surface area contributed by atoms with E-state index in [1.165, 1.54) is 0 Å². The number of carbonyl (C=O) groups is 1. The van der Waals surface area contributed by atoms with E-state index in [0.29, 0.717) is 25.0 Å². The van der Waals surface area contributed by atoms with Gasteiger partial charge in [-0.3, -0.25) is 4.79 Å². The SMILES string of the molecule is O=C(CCOCC(F)F)N1CCOC(CBr)C1. The largest absolute Gasteiger partial charge is 0.375 e. The Bertz CT molecular complexity index is 244. The molecule has 1 aliphatic heterocycles. The molecular formula is C10H16BrF2NO3. The molecule has 0 N–H and O–H groups in total. The van der Waals surface area contributed by atoms with Crippen LogP contribution in [0.5, 0.6) is 0 Å². The lowest BCUT2D eigenvalue weighted by atomic mass is 10.2. The molecule has 4 nitrogen and oxygen atoms in total. The first-order chi connectivity index (χ1) is 8.13. The monoisotopic (exact) mass is 315 g/mol. The molecule has 0 saturated carbocycles. The molecule has 0 aliphatic carbocycles. The number of halogens is 3. The van der Waals surface area contributed by atoms with E-state index in [2.05, 4.69) is 20.7 Å². The predicted octanol–water partition coefficient (Wildman–Crippen LogP) is 1.28. The van der Waals surface area contributed by atoms with Crippen LogP contribution in [0.15, 0.2) is 0 Å². The van der Waals surface area contributed by atoms with Crippen molar-refractivity contribution in [3.8, 4) is 0 Å². The number of carbonyl (C=O) groups excluding carboxylic acids is 1. The number of ether oxygens (including phenoxy) is 2. The smallest absolute Gasteiger partial charge is 0.261 e. The third kappa shape index (κ3) is 5.74. The Morgan fingerprint density at radius 3 is 3.00 bits per heavy atom. The first-order valence-electron chi connectivity index (χ1n) is 5.44. The van der Waals surface area contributed by atoms with Crippen molar-refractivity contribution in [3.63, 3.8) is 0 Å². The lowest BCUT2D eigenvalue weighted by Gasteiger charge is -2.32. The molecule has 1 amide bonds. The van der Waals surface area contributed by atoms with Gasteiger partial charge in [-0.2, -0.15) is 0 Å². The number of alkyl halides is 3. The number of hydrogen-bond donors (Lipinski definition) is 0. The number of amides is 1. The zero-order valence-corrected chi connectivity index (χ0v) is 11.0. The first-order valence-corrected chi connectivity index (χ1v) is 6.57. The van der Waals surface area contributed by atoms with Gasteiger partial charge >= 0.3 is 0 Å². The normalized spacial score (nSPS) is 20.9. The van der Waals surface area contributed by atoms with Gasteiger partial charge in [-0.1, -0.05) is 15.9 Å². The molecule has 1 heterocycles. The molecule has 1 atom stereocenters. The van der Waals surface area contributed by atoms with Crippen LogP contribution in [0, 0.1) is 0 Å². The summed E-state index contributed by atoms with van der Waals surface area (Å²) in [6, 6.07) is 0. The molecule has 1 unspecified atom stereocenters. The van der Waals surface area contributed by atoms with E-state index in [0.717, 1.165) is 0 Å². The Balaban J connectivity index is 2.18. The first kappa shape index (κ1) is 14.8. The summed E-state index contributed by atoms with van der Waals surface area (Å²) in [4.78, 5) is 13.4. The molecular weight excluding hydrogens is 300 g/mol. The Labute approximate surface area is 107 Å². The highest BCUT2D eigenvalue weighted by atomic mass is 79.9. The number of nitrogens with zero attached hydrogens (tertiary/aromatic N) is 1. The number of rotatable bonds is 6. The Kier molecular flexibility index (Phi) is 6.91. The maximum atomic E-state index is 11.8. The summed E-state index contributed by atoms with van der Waals surface area (Å²) in [5.41, 5.74) is 0. The second kappa shape index (κ2) is 7.94. The van der Waals surface area contributed by atoms with Gasteiger partial charge in [-0.25, -0.2) is 8.78 Å². The summed E-state index contributed by atoms with van der Waals surface area (Å²) >= 11 is 3.30. The van der Waals surface area contributed by atoms with Gasteiger partial charge in [-0.05, 0) is 0 Å². The van der Waals surface area contributed by atoms with Gasteiger partial charge in [0.05, 0.1) is 25.7 Å². The Morgan fingerprint density at radius 1 is 1.59 bits per heavy atom. The fourth-order valence-corrected chi connectivity index (χ4v) is 1.92. The van der Waals surface area contributed by atoms with E-state index >= 15 is 0 Å². The average molecular weight is 316 g/mol. The second-order valence-corrected chi connectivity index (χ2v) is 4.35. The lowest BCUT2D eigenvalue weighted by Crippen LogP contribution is -2.46. The molecule has 1 aliphatic rings. The molecule has 0 aromatic heterocycles. The molecule has 7 heteroatoms. The van der Waals surface area contributed by atoms with E-state index in [4.69, 9.17) is 4.74 Å². The Morgan fingerprint density at radius 2 is 2.35 bits per heavy atom. The van der Waals surface area contributed by atoms with E-state index < -0.39 is 13.0 Å². The number of hydrogen-bond acceptors (Lipinski definition) is 3. The fraction of sp³-hybridized carbons (Fsp3) is 0.900. The van der Waals surface area contributed by atoms with Crippen molar-refractivity contribution in [3.05, 3.63) is 0 Å². The van der Waals surface area contributed by atoms with E-state index in [9.17, 15) is 13.6 Å². The highest BCUT2D eigenvalue weighted by Gasteiger charge is 2.23. The van der Waals surface area contributed by atoms with Crippen LogP contribution in [0.4, 0.5) is 8.78 Å². The van der Waals surface area contributed by atoms with Crippen molar-refractivity contribution < 1.29 is 23.0 Å². The predicted molar refractivity (Wildman–Crippen MR) is 61.6 cm³/mol. The third-order valence-electron chi connectivity index (χ3n) is 2.37. The highest BCUT2D eigenvalue weighted by molar-refractivity contribution is 9.09. The number of morpholine rings is 1. The fourth-order valence-electron chi connectivity index (χ4n) is 1.53. The molecule has 1 rings (SSSR count). The molecule has 1 fully saturated rings. The summed E-state index contributed by atoms with van der Waals surface area (Å²) in [5, 5.41) is 0.679. The molecule has 17 heavy (non-hydrogen) atoms. The van der Waals surface area contributed by atoms with E-state index in [1.807, 2.05) is 0 Å². The summed E-state index contributed by atoms with van der Waals surface area (Å²) in [6.07, 6.45) is -2.33. The van der Waals surface area contributed by atoms with Gasteiger partial charge in [-0.15, -0.1) is 0 Å². The maximum Gasteiger partial charge on any atom is 0.261 e. The zero-order chi connectivity index (χ0) is 12.7. The molecule has 0 aromatic carbocycles. The van der Waals surface area contributed by atoms with Gasteiger partial charge in [0.25, 0.3) is 6.43 Å². The standard InChI is InChI=1S/C10H16BrF2NO3/c11-5-8-6-14(2-4-17-8)10(15)1-3-16-7-9(12)13/h8-9H,1-7H2. The summed E-state index contributed by atoms with van der Waals surface area (Å²) in [6.45, 7) is 1.04. The highest BCUT2D eigenvalue weighted by Crippen LogP contribution is 2.09. The van der Waals surface area contributed by atoms with Crippen LogP contribution < -0.4 is 0 Å². The molecule has 0 bridgehead atoms. The van der Waals surface area contributed by atoms with Crippen LogP contribution in [-0.4, -0.2) is 61.6 Å².